The van der Waals surface area contributed by atoms with E-state index >= 15 is 9.59 Å². The lowest BCUT2D eigenvalue weighted by Gasteiger charge is -2.37. The highest BCUT2D eigenvalue weighted by Crippen LogP contribution is 2.65. The maximum atomic E-state index is 15.5. The minimum Gasteiger partial charge on any atom is -0.307 e. The predicted octanol–water partition coefficient (Wildman–Crippen LogP) is 7.12. The molecule has 2 amide bonds. The van der Waals surface area contributed by atoms with Crippen molar-refractivity contribution in [1.29, 1.82) is 0 Å². The first kappa shape index (κ1) is 29.4. The Kier molecular flexibility index (Phi) is 6.90. The molecule has 47 heavy (non-hydrogen) atoms. The molecule has 4 atom stereocenters. The van der Waals surface area contributed by atoms with Crippen molar-refractivity contribution < 1.29 is 14.4 Å². The van der Waals surface area contributed by atoms with Crippen LogP contribution in [-0.4, -0.2) is 17.6 Å². The van der Waals surface area contributed by atoms with Crippen LogP contribution in [0.2, 0.25) is 5.02 Å². The van der Waals surface area contributed by atoms with Gasteiger partial charge >= 0.3 is 0 Å². The van der Waals surface area contributed by atoms with Gasteiger partial charge in [0.05, 0.1) is 25.0 Å². The molecule has 3 aliphatic rings. The van der Waals surface area contributed by atoms with Gasteiger partial charge in [-0.2, -0.15) is 0 Å². The predicted molar refractivity (Wildman–Crippen MR) is 183 cm³/mol. The number of nitrogens with one attached hydrogen (secondary N) is 1. The van der Waals surface area contributed by atoms with Crippen LogP contribution in [-0.2, 0) is 38.4 Å². The number of carbonyl (C=O) groups is 3. The summed E-state index contributed by atoms with van der Waals surface area (Å²) in [5, 5.41) is 4.18. The van der Waals surface area contributed by atoms with Gasteiger partial charge in [-0.05, 0) is 53.4 Å². The Morgan fingerprint density at radius 1 is 0.681 bits per heavy atom. The number of nitrogens with zero attached hydrogens (tertiary/aromatic N) is 2. The topological polar surface area (TPSA) is 69.7 Å². The van der Waals surface area contributed by atoms with Crippen LogP contribution in [0.3, 0.4) is 0 Å². The third-order valence-corrected chi connectivity index (χ3v) is 10.4. The first-order chi connectivity index (χ1) is 22.9. The highest BCUT2D eigenvalue weighted by molar-refractivity contribution is 6.31. The molecule has 0 bridgehead atoms. The van der Waals surface area contributed by atoms with Gasteiger partial charge in [0, 0.05) is 22.0 Å². The largest absolute Gasteiger partial charge is 0.307 e. The van der Waals surface area contributed by atoms with Gasteiger partial charge < -0.3 is 9.80 Å². The standard InChI is InChI=1S/C40H32ClN3O3/c1-26(45)35-39(31-19-11-12-20-33(31)43(37(39)46)24-27-13-5-2-6-14-27)36(29-17-9-4-10-18-29)42-40(35)32-23-30(41)21-22-34(32)44(38(40)47)25-28-15-7-3-8-16-28/h2-23,35-36,42H,24-25H2,1H3/t35-,36+,39+,40-/m1/s1. The quantitative estimate of drug-likeness (QED) is 0.215. The average Bonchev–Trinajstić information content (AvgIpc) is 3.64. The summed E-state index contributed by atoms with van der Waals surface area (Å²) in [5.41, 5.74) is 2.49. The summed E-state index contributed by atoms with van der Waals surface area (Å²) in [7, 11) is 0. The van der Waals surface area contributed by atoms with E-state index in [2.05, 4.69) is 5.32 Å². The fourth-order valence-corrected chi connectivity index (χ4v) is 8.55. The zero-order valence-corrected chi connectivity index (χ0v) is 26.5. The lowest BCUT2D eigenvalue weighted by Crippen LogP contribution is -2.56. The van der Waals surface area contributed by atoms with Crippen LogP contribution < -0.4 is 15.1 Å². The minimum absolute atomic E-state index is 0.209. The van der Waals surface area contributed by atoms with Gasteiger partial charge in [0.15, 0.2) is 0 Å². The van der Waals surface area contributed by atoms with E-state index < -0.39 is 22.9 Å². The summed E-state index contributed by atoms with van der Waals surface area (Å²) in [6, 6.07) is 41.7. The number of Topliss-reactive ketones (excluding diaryl/α,β-unsaturated/α-hetero) is 1. The molecular weight excluding hydrogens is 606 g/mol. The molecule has 5 aromatic carbocycles. The van der Waals surface area contributed by atoms with E-state index in [9.17, 15) is 4.79 Å². The molecule has 0 unspecified atom stereocenters. The molecule has 0 saturated carbocycles. The highest BCUT2D eigenvalue weighted by atomic mass is 35.5. The fraction of sp³-hybridized carbons (Fsp3) is 0.175. The number of benzene rings is 5. The van der Waals surface area contributed by atoms with Crippen molar-refractivity contribution in [3.63, 3.8) is 0 Å². The highest BCUT2D eigenvalue weighted by Gasteiger charge is 2.76. The third-order valence-electron chi connectivity index (χ3n) is 10.1. The number of anilines is 2. The molecule has 8 rings (SSSR count). The maximum absolute atomic E-state index is 15.5. The monoisotopic (exact) mass is 637 g/mol. The molecule has 0 aromatic heterocycles. The maximum Gasteiger partial charge on any atom is 0.253 e. The number of rotatable bonds is 6. The molecular formula is C40H32ClN3O3. The normalized spacial score (nSPS) is 24.3. The molecule has 1 fully saturated rings. The first-order valence-electron chi connectivity index (χ1n) is 15.8. The van der Waals surface area contributed by atoms with E-state index in [0.717, 1.165) is 27.9 Å². The van der Waals surface area contributed by atoms with E-state index in [4.69, 9.17) is 11.6 Å². The fourth-order valence-electron chi connectivity index (χ4n) is 8.38. The van der Waals surface area contributed by atoms with Crippen LogP contribution in [0.5, 0.6) is 0 Å². The molecule has 3 heterocycles. The van der Waals surface area contributed by atoms with Crippen molar-refractivity contribution in [3.05, 3.63) is 166 Å². The number of ketones is 1. The lowest BCUT2D eigenvalue weighted by atomic mass is 9.60. The number of amides is 2. The van der Waals surface area contributed by atoms with E-state index in [1.54, 1.807) is 21.9 Å². The molecule has 5 aromatic rings. The number of carbonyl (C=O) groups excluding carboxylic acids is 3. The van der Waals surface area contributed by atoms with Crippen molar-refractivity contribution in [2.45, 2.75) is 37.0 Å². The van der Waals surface area contributed by atoms with E-state index in [1.165, 1.54) is 6.92 Å². The third kappa shape index (κ3) is 4.18. The summed E-state index contributed by atoms with van der Waals surface area (Å²) >= 11 is 6.68. The summed E-state index contributed by atoms with van der Waals surface area (Å²) in [6.45, 7) is 2.14. The smallest absolute Gasteiger partial charge is 0.253 e. The molecule has 232 valence electrons. The molecule has 1 saturated heterocycles. The second kappa shape index (κ2) is 11.0. The number of para-hydroxylation sites is 1. The van der Waals surface area contributed by atoms with Crippen molar-refractivity contribution in [3.8, 4) is 0 Å². The van der Waals surface area contributed by atoms with Crippen molar-refractivity contribution >= 4 is 40.6 Å². The van der Waals surface area contributed by atoms with Crippen molar-refractivity contribution in [2.24, 2.45) is 5.92 Å². The molecule has 7 heteroatoms. The first-order valence-corrected chi connectivity index (χ1v) is 16.2. The van der Waals surface area contributed by atoms with E-state index in [0.29, 0.717) is 29.4 Å². The summed E-state index contributed by atoms with van der Waals surface area (Å²) in [6.07, 6.45) is 0. The average molecular weight is 638 g/mol. The van der Waals surface area contributed by atoms with Crippen LogP contribution in [0.4, 0.5) is 11.4 Å². The SMILES string of the molecule is CC(=O)[C@@H]1[C@]2(C(=O)N(Cc3ccccc3)c3ccccc32)[C@H](c2ccccc2)N[C@@]12C(=O)N(Cc1ccccc1)c1ccc(Cl)cc12. The van der Waals surface area contributed by atoms with Crippen LogP contribution in [0.15, 0.2) is 133 Å². The number of hydrogen-bond acceptors (Lipinski definition) is 4. The number of fused-ring (bicyclic) bond motifs is 4. The van der Waals surface area contributed by atoms with Gasteiger partial charge in [0.25, 0.3) is 5.91 Å². The van der Waals surface area contributed by atoms with Crippen molar-refractivity contribution in [1.82, 2.24) is 5.32 Å². The Morgan fingerprint density at radius 2 is 1.21 bits per heavy atom. The van der Waals surface area contributed by atoms with Gasteiger partial charge in [0.2, 0.25) is 5.91 Å². The Hall–Kier alpha value is -5.04. The van der Waals surface area contributed by atoms with Gasteiger partial charge in [-0.3, -0.25) is 19.7 Å². The second-order valence-electron chi connectivity index (χ2n) is 12.6. The van der Waals surface area contributed by atoms with Gasteiger partial charge in [-0.25, -0.2) is 0 Å². The Balaban J connectivity index is 1.40. The summed E-state index contributed by atoms with van der Waals surface area (Å²) in [4.78, 5) is 48.7. The number of hydrogen-bond donors (Lipinski definition) is 1. The zero-order chi connectivity index (χ0) is 32.3. The second-order valence-corrected chi connectivity index (χ2v) is 13.1. The zero-order valence-electron chi connectivity index (χ0n) is 25.8. The number of halogens is 1. The minimum atomic E-state index is -1.56. The van der Waals surface area contributed by atoms with Crippen LogP contribution in [0, 0.1) is 5.92 Å². The molecule has 2 spiro atoms. The Bertz CT molecular complexity index is 2040. The van der Waals surface area contributed by atoms with Crippen LogP contribution in [0.25, 0.3) is 0 Å². The van der Waals surface area contributed by atoms with Gasteiger partial charge in [0.1, 0.15) is 16.7 Å². The van der Waals surface area contributed by atoms with E-state index in [1.807, 2.05) is 121 Å². The van der Waals surface area contributed by atoms with Gasteiger partial charge in [-0.15, -0.1) is 0 Å². The molecule has 1 N–H and O–H groups in total. The van der Waals surface area contributed by atoms with E-state index in [-0.39, 0.29) is 17.6 Å². The molecule has 6 nitrogen and oxygen atoms in total. The summed E-state index contributed by atoms with van der Waals surface area (Å²) in [5.74, 6) is -1.82. The molecule has 0 aliphatic carbocycles. The Labute approximate surface area is 278 Å². The van der Waals surface area contributed by atoms with Crippen molar-refractivity contribution in [2.75, 3.05) is 9.80 Å². The molecule has 3 aliphatic heterocycles. The molecule has 0 radical (unpaired) electrons. The lowest BCUT2D eigenvalue weighted by molar-refractivity contribution is -0.137. The van der Waals surface area contributed by atoms with Crippen LogP contribution >= 0.6 is 11.6 Å². The Morgan fingerprint density at radius 3 is 1.83 bits per heavy atom. The van der Waals surface area contributed by atoms with Gasteiger partial charge in [-0.1, -0.05) is 121 Å². The summed E-state index contributed by atoms with van der Waals surface area (Å²) < 4.78 is 0. The van der Waals surface area contributed by atoms with Crippen LogP contribution in [0.1, 0.15) is 40.8 Å².